The number of carbonyl (C=O) groups excluding carboxylic acids is 2. The van der Waals surface area contributed by atoms with Crippen molar-refractivity contribution in [1.29, 1.82) is 0 Å². The van der Waals surface area contributed by atoms with Crippen LogP contribution in [0.4, 0.5) is 0 Å². The van der Waals surface area contributed by atoms with Crippen molar-refractivity contribution in [3.63, 3.8) is 0 Å². The van der Waals surface area contributed by atoms with Gasteiger partial charge in [-0.3, -0.25) is 9.59 Å². The Labute approximate surface area is 201 Å². The first kappa shape index (κ1) is 21.1. The van der Waals surface area contributed by atoms with Crippen LogP contribution in [-0.4, -0.2) is 40.8 Å². The molecule has 2 aromatic heterocycles. The number of aromatic nitrogens is 1. The molecule has 1 fully saturated rings. The summed E-state index contributed by atoms with van der Waals surface area (Å²) in [5.41, 5.74) is 3.86. The van der Waals surface area contributed by atoms with Crippen LogP contribution in [0.1, 0.15) is 55.9 Å². The molecule has 7 heteroatoms. The summed E-state index contributed by atoms with van der Waals surface area (Å²) in [6, 6.07) is 18.0. The van der Waals surface area contributed by atoms with Gasteiger partial charge in [0.15, 0.2) is 5.76 Å². The van der Waals surface area contributed by atoms with Gasteiger partial charge in [0, 0.05) is 35.8 Å². The van der Waals surface area contributed by atoms with Crippen LogP contribution < -0.4 is 5.32 Å². The molecular weight excluding hydrogens is 446 g/mol. The Morgan fingerprint density at radius 3 is 2.44 bits per heavy atom. The van der Waals surface area contributed by atoms with Gasteiger partial charge >= 0.3 is 0 Å². The van der Waals surface area contributed by atoms with E-state index in [-0.39, 0.29) is 23.8 Å². The van der Waals surface area contributed by atoms with Crippen LogP contribution in [0.3, 0.4) is 0 Å². The first-order chi connectivity index (χ1) is 16.6. The van der Waals surface area contributed by atoms with Gasteiger partial charge in [0.2, 0.25) is 0 Å². The maximum absolute atomic E-state index is 12.9. The van der Waals surface area contributed by atoms with Crippen LogP contribution in [0.15, 0.2) is 64.4 Å². The Hall–Kier alpha value is -3.45. The molecule has 0 radical (unpaired) electrons. The SMILES string of the molecule is O=C(NC1Cc2ccccc2C1)c1csc(C2CCN(C(=O)c3cc4ccccc4o3)CC2)n1. The van der Waals surface area contributed by atoms with Crippen molar-refractivity contribution < 1.29 is 14.0 Å². The lowest BCUT2D eigenvalue weighted by atomic mass is 9.97. The topological polar surface area (TPSA) is 75.4 Å². The molecule has 2 aliphatic rings. The van der Waals surface area contributed by atoms with E-state index in [4.69, 9.17) is 4.42 Å². The number of carbonyl (C=O) groups is 2. The highest BCUT2D eigenvalue weighted by atomic mass is 32.1. The number of likely N-dealkylation sites (tertiary alicyclic amines) is 1. The third-order valence-corrected chi connectivity index (χ3v) is 7.92. The van der Waals surface area contributed by atoms with Crippen molar-refractivity contribution in [2.45, 2.75) is 37.6 Å². The van der Waals surface area contributed by atoms with E-state index >= 15 is 0 Å². The van der Waals surface area contributed by atoms with Gasteiger partial charge in [0.25, 0.3) is 11.8 Å². The molecule has 34 heavy (non-hydrogen) atoms. The van der Waals surface area contributed by atoms with Crippen LogP contribution in [0.5, 0.6) is 0 Å². The van der Waals surface area contributed by atoms with E-state index in [1.807, 2.05) is 52.7 Å². The fraction of sp³-hybridized carbons (Fsp3) is 0.296. The highest BCUT2D eigenvalue weighted by molar-refractivity contribution is 7.09. The monoisotopic (exact) mass is 471 g/mol. The summed E-state index contributed by atoms with van der Waals surface area (Å²) in [6.07, 6.45) is 3.41. The fourth-order valence-corrected chi connectivity index (χ4v) is 6.04. The standard InChI is InChI=1S/C27H25N3O3S/c31-25(28-21-13-18-5-1-2-6-19(18)14-21)22-16-34-26(29-22)17-9-11-30(12-10-17)27(32)24-15-20-7-3-4-8-23(20)33-24/h1-8,15-17,21H,9-14H2,(H,28,31). The number of thiazole rings is 1. The van der Waals surface area contributed by atoms with E-state index < -0.39 is 0 Å². The molecule has 0 saturated carbocycles. The number of amides is 2. The average Bonchev–Trinajstić information content (AvgIpc) is 3.61. The van der Waals surface area contributed by atoms with Crippen molar-refractivity contribution in [2.75, 3.05) is 13.1 Å². The zero-order valence-corrected chi connectivity index (χ0v) is 19.5. The lowest BCUT2D eigenvalue weighted by Gasteiger charge is -2.30. The second kappa shape index (κ2) is 8.72. The fourth-order valence-electron chi connectivity index (χ4n) is 5.07. The second-order valence-electron chi connectivity index (χ2n) is 9.13. The molecule has 1 aliphatic heterocycles. The number of hydrogen-bond donors (Lipinski definition) is 1. The molecule has 3 heterocycles. The molecule has 1 N–H and O–H groups in total. The van der Waals surface area contributed by atoms with Crippen LogP contribution >= 0.6 is 11.3 Å². The van der Waals surface area contributed by atoms with Crippen LogP contribution in [0.2, 0.25) is 0 Å². The molecule has 1 saturated heterocycles. The highest BCUT2D eigenvalue weighted by Gasteiger charge is 2.29. The molecule has 0 unspecified atom stereocenters. The summed E-state index contributed by atoms with van der Waals surface area (Å²) in [5, 5.41) is 6.93. The summed E-state index contributed by atoms with van der Waals surface area (Å²) < 4.78 is 5.75. The average molecular weight is 472 g/mol. The van der Waals surface area contributed by atoms with E-state index in [0.29, 0.717) is 24.5 Å². The number of rotatable bonds is 4. The first-order valence-corrected chi connectivity index (χ1v) is 12.6. The van der Waals surface area contributed by atoms with E-state index in [2.05, 4.69) is 22.4 Å². The van der Waals surface area contributed by atoms with Crippen LogP contribution in [0, 0.1) is 0 Å². The Morgan fingerprint density at radius 2 is 1.71 bits per heavy atom. The quantitative estimate of drug-likeness (QED) is 0.464. The van der Waals surface area contributed by atoms with E-state index in [1.54, 1.807) is 11.3 Å². The molecule has 172 valence electrons. The predicted molar refractivity (Wildman–Crippen MR) is 131 cm³/mol. The number of hydrogen-bond acceptors (Lipinski definition) is 5. The van der Waals surface area contributed by atoms with Crippen molar-refractivity contribution in [3.8, 4) is 0 Å². The third kappa shape index (κ3) is 4.01. The maximum Gasteiger partial charge on any atom is 0.289 e. The minimum Gasteiger partial charge on any atom is -0.451 e. The van der Waals surface area contributed by atoms with E-state index in [1.165, 1.54) is 11.1 Å². The Morgan fingerprint density at radius 1 is 1.00 bits per heavy atom. The van der Waals surface area contributed by atoms with Gasteiger partial charge in [0.05, 0.1) is 5.01 Å². The molecule has 4 aromatic rings. The molecule has 0 bridgehead atoms. The van der Waals surface area contributed by atoms with Gasteiger partial charge in [-0.1, -0.05) is 42.5 Å². The number of nitrogens with one attached hydrogen (secondary N) is 1. The second-order valence-corrected chi connectivity index (χ2v) is 10.0. The van der Waals surface area contributed by atoms with Crippen molar-refractivity contribution in [3.05, 3.63) is 87.6 Å². The lowest BCUT2D eigenvalue weighted by molar-refractivity contribution is 0.0683. The molecule has 2 amide bonds. The number of para-hydroxylation sites is 1. The lowest BCUT2D eigenvalue weighted by Crippen LogP contribution is -2.37. The van der Waals surface area contributed by atoms with Crippen LogP contribution in [-0.2, 0) is 12.8 Å². The molecule has 2 aromatic carbocycles. The van der Waals surface area contributed by atoms with Gasteiger partial charge < -0.3 is 14.6 Å². The largest absolute Gasteiger partial charge is 0.451 e. The molecule has 6 nitrogen and oxygen atoms in total. The number of furan rings is 1. The molecule has 6 rings (SSSR count). The predicted octanol–water partition coefficient (Wildman–Crippen LogP) is 4.81. The minimum atomic E-state index is -0.0993. The summed E-state index contributed by atoms with van der Waals surface area (Å²) in [5.74, 6) is 0.494. The van der Waals surface area contributed by atoms with Crippen LogP contribution in [0.25, 0.3) is 11.0 Å². The van der Waals surface area contributed by atoms with Crippen molar-refractivity contribution >= 4 is 34.1 Å². The van der Waals surface area contributed by atoms with Crippen molar-refractivity contribution in [1.82, 2.24) is 15.2 Å². The van der Waals surface area contributed by atoms with Gasteiger partial charge in [0.1, 0.15) is 11.3 Å². The summed E-state index contributed by atoms with van der Waals surface area (Å²) >= 11 is 1.54. The van der Waals surface area contributed by atoms with Gasteiger partial charge in [-0.2, -0.15) is 0 Å². The van der Waals surface area contributed by atoms with Crippen molar-refractivity contribution in [2.24, 2.45) is 0 Å². The molecule has 0 spiro atoms. The number of fused-ring (bicyclic) bond motifs is 2. The highest BCUT2D eigenvalue weighted by Crippen LogP contribution is 2.31. The third-order valence-electron chi connectivity index (χ3n) is 6.91. The first-order valence-electron chi connectivity index (χ1n) is 11.7. The molecular formula is C27H25N3O3S. The molecule has 0 atom stereocenters. The summed E-state index contributed by atoms with van der Waals surface area (Å²) in [4.78, 5) is 32.2. The zero-order valence-electron chi connectivity index (χ0n) is 18.7. The Balaban J connectivity index is 1.05. The van der Waals surface area contributed by atoms with Gasteiger partial charge in [-0.05, 0) is 48.9 Å². The molecule has 1 aliphatic carbocycles. The number of nitrogens with zero attached hydrogens (tertiary/aromatic N) is 2. The number of benzene rings is 2. The van der Waals surface area contributed by atoms with E-state index in [9.17, 15) is 9.59 Å². The Kier molecular flexibility index (Phi) is 5.41. The summed E-state index contributed by atoms with van der Waals surface area (Å²) in [6.45, 7) is 1.31. The normalized spacial score (nSPS) is 16.6. The smallest absolute Gasteiger partial charge is 0.289 e. The summed E-state index contributed by atoms with van der Waals surface area (Å²) in [7, 11) is 0. The maximum atomic E-state index is 12.9. The number of piperidine rings is 1. The van der Waals surface area contributed by atoms with Gasteiger partial charge in [-0.25, -0.2) is 4.98 Å². The zero-order chi connectivity index (χ0) is 23.1. The van der Waals surface area contributed by atoms with Gasteiger partial charge in [-0.15, -0.1) is 11.3 Å². The minimum absolute atomic E-state index is 0.0635. The Bertz CT molecular complexity index is 1310. The van der Waals surface area contributed by atoms with E-state index in [0.717, 1.165) is 41.7 Å².